The number of rotatable bonds is 6. The SMILES string of the molecule is CCC1CCCCN1c1ccc(NC(=O)COc2ccccc2)nn1. The van der Waals surface area contributed by atoms with Crippen LogP contribution in [-0.4, -0.2) is 35.3 Å². The Balaban J connectivity index is 1.54. The Morgan fingerprint density at radius 1 is 1.20 bits per heavy atom. The van der Waals surface area contributed by atoms with Crippen LogP contribution in [0.2, 0.25) is 0 Å². The normalized spacial score (nSPS) is 17.2. The van der Waals surface area contributed by atoms with Crippen LogP contribution in [0.15, 0.2) is 42.5 Å². The van der Waals surface area contributed by atoms with Crippen LogP contribution in [0, 0.1) is 0 Å². The Morgan fingerprint density at radius 2 is 2.04 bits per heavy atom. The summed E-state index contributed by atoms with van der Waals surface area (Å²) < 4.78 is 5.42. The number of benzene rings is 1. The summed E-state index contributed by atoms with van der Waals surface area (Å²) in [6.45, 7) is 3.17. The molecular weight excluding hydrogens is 316 g/mol. The van der Waals surface area contributed by atoms with Crippen molar-refractivity contribution in [1.82, 2.24) is 10.2 Å². The summed E-state index contributed by atoms with van der Waals surface area (Å²) in [5.41, 5.74) is 0. The molecule has 1 unspecified atom stereocenters. The van der Waals surface area contributed by atoms with E-state index in [4.69, 9.17) is 4.74 Å². The number of aromatic nitrogens is 2. The van der Waals surface area contributed by atoms with Gasteiger partial charge in [-0.15, -0.1) is 10.2 Å². The van der Waals surface area contributed by atoms with Crippen LogP contribution >= 0.6 is 0 Å². The fraction of sp³-hybridized carbons (Fsp3) is 0.421. The number of carbonyl (C=O) groups is 1. The number of para-hydroxylation sites is 1. The molecule has 1 aliphatic heterocycles. The van der Waals surface area contributed by atoms with E-state index in [1.807, 2.05) is 36.4 Å². The summed E-state index contributed by atoms with van der Waals surface area (Å²) in [5.74, 6) is 1.73. The molecule has 0 bridgehead atoms. The molecule has 6 heteroatoms. The third kappa shape index (κ3) is 4.68. The van der Waals surface area contributed by atoms with Crippen molar-refractivity contribution in [1.29, 1.82) is 0 Å². The summed E-state index contributed by atoms with van der Waals surface area (Å²) in [5, 5.41) is 11.1. The van der Waals surface area contributed by atoms with Crippen LogP contribution in [0.25, 0.3) is 0 Å². The minimum Gasteiger partial charge on any atom is -0.484 e. The maximum atomic E-state index is 12.0. The lowest BCUT2D eigenvalue weighted by Crippen LogP contribution is -2.39. The summed E-state index contributed by atoms with van der Waals surface area (Å²) in [4.78, 5) is 14.3. The molecule has 6 nitrogen and oxygen atoms in total. The van der Waals surface area contributed by atoms with E-state index in [2.05, 4.69) is 27.3 Å². The molecule has 1 atom stereocenters. The maximum absolute atomic E-state index is 12.0. The van der Waals surface area contributed by atoms with E-state index in [0.29, 0.717) is 17.6 Å². The van der Waals surface area contributed by atoms with Gasteiger partial charge in [0.25, 0.3) is 5.91 Å². The molecule has 3 rings (SSSR count). The Hall–Kier alpha value is -2.63. The number of nitrogens with one attached hydrogen (secondary N) is 1. The lowest BCUT2D eigenvalue weighted by atomic mass is 10.0. The molecule has 1 N–H and O–H groups in total. The van der Waals surface area contributed by atoms with E-state index >= 15 is 0 Å². The third-order valence-electron chi connectivity index (χ3n) is 4.42. The van der Waals surface area contributed by atoms with Crippen LogP contribution in [0.4, 0.5) is 11.6 Å². The zero-order valence-corrected chi connectivity index (χ0v) is 14.5. The monoisotopic (exact) mass is 340 g/mol. The summed E-state index contributed by atoms with van der Waals surface area (Å²) in [6, 6.07) is 13.5. The minimum atomic E-state index is -0.254. The molecule has 1 aliphatic rings. The van der Waals surface area contributed by atoms with Crippen molar-refractivity contribution >= 4 is 17.5 Å². The number of carbonyl (C=O) groups excluding carboxylic acids is 1. The number of hydrogen-bond donors (Lipinski definition) is 1. The highest BCUT2D eigenvalue weighted by Crippen LogP contribution is 2.24. The van der Waals surface area contributed by atoms with Crippen LogP contribution in [0.1, 0.15) is 32.6 Å². The quantitative estimate of drug-likeness (QED) is 0.874. The molecule has 2 heterocycles. The topological polar surface area (TPSA) is 67.4 Å². The van der Waals surface area contributed by atoms with Gasteiger partial charge in [-0.05, 0) is 49.9 Å². The van der Waals surface area contributed by atoms with Crippen molar-refractivity contribution in [2.24, 2.45) is 0 Å². The van der Waals surface area contributed by atoms with Gasteiger partial charge in [0.05, 0.1) is 0 Å². The van der Waals surface area contributed by atoms with Crippen LogP contribution in [-0.2, 0) is 4.79 Å². The maximum Gasteiger partial charge on any atom is 0.263 e. The van der Waals surface area contributed by atoms with E-state index in [1.165, 1.54) is 19.3 Å². The third-order valence-corrected chi connectivity index (χ3v) is 4.42. The largest absolute Gasteiger partial charge is 0.484 e. The van der Waals surface area contributed by atoms with Gasteiger partial charge in [-0.3, -0.25) is 4.79 Å². The van der Waals surface area contributed by atoms with Crippen molar-refractivity contribution in [2.45, 2.75) is 38.6 Å². The van der Waals surface area contributed by atoms with E-state index in [0.717, 1.165) is 18.8 Å². The summed E-state index contributed by atoms with van der Waals surface area (Å²) in [6.07, 6.45) is 4.77. The first-order valence-electron chi connectivity index (χ1n) is 8.84. The smallest absolute Gasteiger partial charge is 0.263 e. The lowest BCUT2D eigenvalue weighted by Gasteiger charge is -2.35. The molecule has 0 spiro atoms. The Morgan fingerprint density at radius 3 is 2.76 bits per heavy atom. The van der Waals surface area contributed by atoms with Crippen LogP contribution in [0.5, 0.6) is 5.75 Å². The number of nitrogens with zero attached hydrogens (tertiary/aromatic N) is 3. The molecule has 1 amide bonds. The van der Waals surface area contributed by atoms with Gasteiger partial charge >= 0.3 is 0 Å². The van der Waals surface area contributed by atoms with Gasteiger partial charge in [0, 0.05) is 12.6 Å². The zero-order valence-electron chi connectivity index (χ0n) is 14.5. The van der Waals surface area contributed by atoms with Gasteiger partial charge in [0.15, 0.2) is 18.2 Å². The number of hydrogen-bond acceptors (Lipinski definition) is 5. The van der Waals surface area contributed by atoms with E-state index < -0.39 is 0 Å². The average molecular weight is 340 g/mol. The molecule has 1 saturated heterocycles. The number of anilines is 2. The molecule has 132 valence electrons. The van der Waals surface area contributed by atoms with Gasteiger partial charge < -0.3 is 15.0 Å². The fourth-order valence-electron chi connectivity index (χ4n) is 3.12. The highest BCUT2D eigenvalue weighted by Gasteiger charge is 2.22. The van der Waals surface area contributed by atoms with Crippen molar-refractivity contribution in [3.63, 3.8) is 0 Å². The van der Waals surface area contributed by atoms with Crippen molar-refractivity contribution in [3.05, 3.63) is 42.5 Å². The number of amides is 1. The molecule has 0 saturated carbocycles. The van der Waals surface area contributed by atoms with Crippen molar-refractivity contribution in [3.8, 4) is 5.75 Å². The van der Waals surface area contributed by atoms with Crippen LogP contribution < -0.4 is 15.0 Å². The van der Waals surface area contributed by atoms with Gasteiger partial charge in [0.1, 0.15) is 5.75 Å². The molecule has 0 radical (unpaired) electrons. The van der Waals surface area contributed by atoms with E-state index in [9.17, 15) is 4.79 Å². The second-order valence-electron chi connectivity index (χ2n) is 6.18. The molecule has 2 aromatic rings. The zero-order chi connectivity index (χ0) is 17.5. The first-order chi connectivity index (χ1) is 12.3. The molecular formula is C19H24N4O2. The van der Waals surface area contributed by atoms with E-state index in [-0.39, 0.29) is 12.5 Å². The highest BCUT2D eigenvalue weighted by atomic mass is 16.5. The van der Waals surface area contributed by atoms with Crippen LogP contribution in [0.3, 0.4) is 0 Å². The predicted octanol–water partition coefficient (Wildman–Crippen LogP) is 3.26. The molecule has 0 aliphatic carbocycles. The Kier molecular flexibility index (Phi) is 5.82. The van der Waals surface area contributed by atoms with Gasteiger partial charge in [-0.2, -0.15) is 0 Å². The molecule has 1 aromatic heterocycles. The Bertz CT molecular complexity index is 676. The van der Waals surface area contributed by atoms with E-state index in [1.54, 1.807) is 6.07 Å². The average Bonchev–Trinajstić information content (AvgIpc) is 2.68. The first kappa shape index (κ1) is 17.2. The van der Waals surface area contributed by atoms with Crippen molar-refractivity contribution < 1.29 is 9.53 Å². The number of piperidine rings is 1. The predicted molar refractivity (Wildman–Crippen MR) is 97.9 cm³/mol. The molecule has 1 fully saturated rings. The first-order valence-corrected chi connectivity index (χ1v) is 8.84. The second kappa shape index (κ2) is 8.46. The van der Waals surface area contributed by atoms with Gasteiger partial charge in [-0.1, -0.05) is 25.1 Å². The standard InChI is InChI=1S/C19H24N4O2/c1-2-15-8-6-7-13-23(15)18-12-11-17(21-22-18)20-19(24)14-25-16-9-4-3-5-10-16/h3-5,9-12,15H,2,6-8,13-14H2,1H3,(H,20,21,24). The van der Waals surface area contributed by atoms with Gasteiger partial charge in [0.2, 0.25) is 0 Å². The van der Waals surface area contributed by atoms with Gasteiger partial charge in [-0.25, -0.2) is 0 Å². The molecule has 25 heavy (non-hydrogen) atoms. The summed E-state index contributed by atoms with van der Waals surface area (Å²) >= 11 is 0. The second-order valence-corrected chi connectivity index (χ2v) is 6.18. The molecule has 1 aromatic carbocycles. The fourth-order valence-corrected chi connectivity index (χ4v) is 3.12. The lowest BCUT2D eigenvalue weighted by molar-refractivity contribution is -0.118. The Labute approximate surface area is 148 Å². The highest BCUT2D eigenvalue weighted by molar-refractivity contribution is 5.90. The van der Waals surface area contributed by atoms with Crippen molar-refractivity contribution in [2.75, 3.05) is 23.4 Å². The minimum absolute atomic E-state index is 0.0581. The summed E-state index contributed by atoms with van der Waals surface area (Å²) in [7, 11) is 0. The number of ether oxygens (including phenoxy) is 1.